The highest BCUT2D eigenvalue weighted by molar-refractivity contribution is 8.16. The lowest BCUT2D eigenvalue weighted by Crippen LogP contribution is -2.33. The molecule has 1 heterocycles. The quantitative estimate of drug-likeness (QED) is 0.683. The molecule has 1 N–H and O–H groups in total. The van der Waals surface area contributed by atoms with E-state index in [1.54, 1.807) is 25.1 Å². The highest BCUT2D eigenvalue weighted by Crippen LogP contribution is 2.31. The van der Waals surface area contributed by atoms with E-state index in [1.807, 2.05) is 32.0 Å². The van der Waals surface area contributed by atoms with Gasteiger partial charge in [0.15, 0.2) is 5.17 Å². The highest BCUT2D eigenvalue weighted by Gasteiger charge is 2.39. The summed E-state index contributed by atoms with van der Waals surface area (Å²) < 4.78 is 29.4. The van der Waals surface area contributed by atoms with Gasteiger partial charge in [-0.1, -0.05) is 49.0 Å². The molecule has 2 aromatic rings. The summed E-state index contributed by atoms with van der Waals surface area (Å²) in [6, 6.07) is 13.9. The van der Waals surface area contributed by atoms with E-state index in [-0.39, 0.29) is 34.8 Å². The predicted octanol–water partition coefficient (Wildman–Crippen LogP) is 3.59. The number of carbonyl (C=O) groups is 2. The lowest BCUT2D eigenvalue weighted by molar-refractivity contribution is -0.128. The monoisotopic (exact) mass is 459 g/mol. The van der Waals surface area contributed by atoms with Gasteiger partial charge in [0.25, 0.3) is 10.0 Å². The van der Waals surface area contributed by atoms with Crippen LogP contribution < -0.4 is 5.32 Å². The molecular formula is C22H25N3O4S2. The van der Waals surface area contributed by atoms with Crippen LogP contribution in [0.2, 0.25) is 0 Å². The van der Waals surface area contributed by atoms with Gasteiger partial charge in [0.05, 0.1) is 4.90 Å². The third-order valence-corrected chi connectivity index (χ3v) is 7.53. The number of amides is 2. The molecule has 3 rings (SSSR count). The average Bonchev–Trinajstić information content (AvgIpc) is 3.03. The molecule has 1 unspecified atom stereocenters. The minimum atomic E-state index is -3.97. The third-order valence-electron chi connectivity index (χ3n) is 4.95. The average molecular weight is 460 g/mol. The van der Waals surface area contributed by atoms with Gasteiger partial charge in [-0.25, -0.2) is 0 Å². The molecule has 1 fully saturated rings. The Kier molecular flexibility index (Phi) is 7.17. The second kappa shape index (κ2) is 9.65. The fourth-order valence-corrected chi connectivity index (χ4v) is 5.56. The fraction of sp³-hybridized carbons (Fsp3) is 0.318. The van der Waals surface area contributed by atoms with E-state index < -0.39 is 15.3 Å². The first-order chi connectivity index (χ1) is 14.7. The number of rotatable bonds is 7. The molecule has 1 atom stereocenters. The van der Waals surface area contributed by atoms with Crippen molar-refractivity contribution in [3.8, 4) is 0 Å². The summed E-state index contributed by atoms with van der Waals surface area (Å²) in [7, 11) is -3.97. The van der Waals surface area contributed by atoms with Gasteiger partial charge in [-0.2, -0.15) is 8.42 Å². The van der Waals surface area contributed by atoms with Crippen LogP contribution in [0.4, 0.5) is 5.69 Å². The van der Waals surface area contributed by atoms with Crippen molar-refractivity contribution < 1.29 is 18.0 Å². The zero-order valence-electron chi connectivity index (χ0n) is 17.7. The lowest BCUT2D eigenvalue weighted by Gasteiger charge is -2.13. The molecule has 0 spiro atoms. The molecule has 0 saturated carbocycles. The van der Waals surface area contributed by atoms with E-state index in [0.717, 1.165) is 29.3 Å². The van der Waals surface area contributed by atoms with E-state index in [4.69, 9.17) is 0 Å². The highest BCUT2D eigenvalue weighted by atomic mass is 32.2. The summed E-state index contributed by atoms with van der Waals surface area (Å²) in [6.45, 7) is 5.88. The van der Waals surface area contributed by atoms with Gasteiger partial charge in [-0.3, -0.25) is 14.5 Å². The summed E-state index contributed by atoms with van der Waals surface area (Å²) in [6.07, 6.45) is 0.730. The number of nitrogens with one attached hydrogen (secondary N) is 1. The van der Waals surface area contributed by atoms with Crippen LogP contribution in [0.5, 0.6) is 0 Å². The molecule has 2 aromatic carbocycles. The molecule has 9 heteroatoms. The van der Waals surface area contributed by atoms with Crippen LogP contribution in [0.3, 0.4) is 0 Å². The Balaban J connectivity index is 1.77. The van der Waals surface area contributed by atoms with Crippen LogP contribution in [0.1, 0.15) is 31.4 Å². The maximum atomic E-state index is 12.8. The van der Waals surface area contributed by atoms with Crippen LogP contribution in [-0.4, -0.2) is 42.1 Å². The molecule has 31 heavy (non-hydrogen) atoms. The third kappa shape index (κ3) is 5.34. The summed E-state index contributed by atoms with van der Waals surface area (Å²) in [5.74, 6) is -0.627. The number of aryl methyl sites for hydroxylation is 2. The van der Waals surface area contributed by atoms with Gasteiger partial charge in [0.1, 0.15) is 5.25 Å². The van der Waals surface area contributed by atoms with Gasteiger partial charge in [0, 0.05) is 18.7 Å². The fourth-order valence-electron chi connectivity index (χ4n) is 3.14. The molecule has 1 saturated heterocycles. The van der Waals surface area contributed by atoms with E-state index in [2.05, 4.69) is 9.71 Å². The molecular weight excluding hydrogens is 434 g/mol. The first-order valence-corrected chi connectivity index (χ1v) is 12.3. The van der Waals surface area contributed by atoms with Crippen molar-refractivity contribution >= 4 is 44.5 Å². The van der Waals surface area contributed by atoms with Crippen LogP contribution in [0.25, 0.3) is 0 Å². The summed E-state index contributed by atoms with van der Waals surface area (Å²) in [5.41, 5.74) is 2.62. The number of amidine groups is 1. The standard InChI is InChI=1S/C22H25N3O4S2/c1-4-16-10-12-17(13-11-16)31(28,29)24-22-25(5-2)21(27)19(30-22)14-20(26)23-18-9-7-6-8-15(18)3/h6-13,19H,4-5,14H2,1-3H3,(H,23,26)/b24-22+. The molecule has 7 nitrogen and oxygen atoms in total. The number of hydrogen-bond donors (Lipinski definition) is 1. The number of nitrogens with zero attached hydrogens (tertiary/aromatic N) is 2. The van der Waals surface area contributed by atoms with Crippen LogP contribution in [-0.2, 0) is 26.0 Å². The summed E-state index contributed by atoms with van der Waals surface area (Å²) in [4.78, 5) is 26.6. The molecule has 1 aliphatic heterocycles. The minimum Gasteiger partial charge on any atom is -0.326 e. The van der Waals surface area contributed by atoms with Crippen molar-refractivity contribution in [2.45, 2.75) is 43.8 Å². The Morgan fingerprint density at radius 3 is 2.42 bits per heavy atom. The number of sulfonamides is 1. The molecule has 164 valence electrons. The lowest BCUT2D eigenvalue weighted by atomic mass is 10.2. The Bertz CT molecular complexity index is 1110. The zero-order valence-corrected chi connectivity index (χ0v) is 19.3. The Labute approximate surface area is 187 Å². The largest absolute Gasteiger partial charge is 0.326 e. The number of hydrogen-bond acceptors (Lipinski definition) is 5. The first kappa shape index (κ1) is 23.0. The van der Waals surface area contributed by atoms with Crippen LogP contribution in [0, 0.1) is 6.92 Å². The SMILES string of the molecule is CCc1ccc(S(=O)(=O)/N=C2/SC(CC(=O)Nc3ccccc3C)C(=O)N2CC)cc1. The molecule has 2 amide bonds. The molecule has 0 radical (unpaired) electrons. The second-order valence-corrected chi connectivity index (χ2v) is 9.88. The Hall–Kier alpha value is -2.65. The van der Waals surface area contributed by atoms with Gasteiger partial charge in [-0.05, 0) is 49.6 Å². The first-order valence-electron chi connectivity index (χ1n) is 10.0. The van der Waals surface area contributed by atoms with Crippen molar-refractivity contribution in [2.75, 3.05) is 11.9 Å². The van der Waals surface area contributed by atoms with Crippen LogP contribution in [0.15, 0.2) is 57.8 Å². The van der Waals surface area contributed by atoms with Crippen molar-refractivity contribution in [3.05, 3.63) is 59.7 Å². The van der Waals surface area contributed by atoms with Gasteiger partial charge in [-0.15, -0.1) is 4.40 Å². The smallest absolute Gasteiger partial charge is 0.284 e. The Morgan fingerprint density at radius 2 is 1.81 bits per heavy atom. The molecule has 0 bridgehead atoms. The number of benzene rings is 2. The van der Waals surface area contributed by atoms with Crippen molar-refractivity contribution in [1.82, 2.24) is 4.90 Å². The van der Waals surface area contributed by atoms with Crippen molar-refractivity contribution in [2.24, 2.45) is 4.40 Å². The van der Waals surface area contributed by atoms with Crippen LogP contribution >= 0.6 is 11.8 Å². The van der Waals surface area contributed by atoms with E-state index in [0.29, 0.717) is 5.69 Å². The number of thioether (sulfide) groups is 1. The van der Waals surface area contributed by atoms with Crippen molar-refractivity contribution in [3.63, 3.8) is 0 Å². The van der Waals surface area contributed by atoms with Gasteiger partial charge in [0.2, 0.25) is 11.8 Å². The normalized spacial score (nSPS) is 17.9. The topological polar surface area (TPSA) is 95.9 Å². The van der Waals surface area contributed by atoms with E-state index in [9.17, 15) is 18.0 Å². The van der Waals surface area contributed by atoms with E-state index in [1.165, 1.54) is 17.0 Å². The second-order valence-electron chi connectivity index (χ2n) is 7.10. The van der Waals surface area contributed by atoms with Gasteiger partial charge < -0.3 is 5.32 Å². The van der Waals surface area contributed by atoms with Crippen molar-refractivity contribution in [1.29, 1.82) is 0 Å². The summed E-state index contributed by atoms with van der Waals surface area (Å²) in [5, 5.41) is 2.19. The molecule has 0 aliphatic carbocycles. The Morgan fingerprint density at radius 1 is 1.13 bits per heavy atom. The summed E-state index contributed by atoms with van der Waals surface area (Å²) >= 11 is 1.01. The molecule has 1 aliphatic rings. The number of para-hydroxylation sites is 1. The molecule has 0 aromatic heterocycles. The number of anilines is 1. The minimum absolute atomic E-state index is 0.0708. The maximum Gasteiger partial charge on any atom is 0.284 e. The predicted molar refractivity (Wildman–Crippen MR) is 124 cm³/mol. The van der Waals surface area contributed by atoms with Gasteiger partial charge >= 0.3 is 0 Å². The maximum absolute atomic E-state index is 12.8. The van der Waals surface area contributed by atoms with E-state index >= 15 is 0 Å². The number of carbonyl (C=O) groups excluding carboxylic acids is 2. The zero-order chi connectivity index (χ0) is 22.6.